The third-order valence-corrected chi connectivity index (χ3v) is 5.75. The second-order valence-corrected chi connectivity index (χ2v) is 8.87. The zero-order valence-electron chi connectivity index (χ0n) is 18.4. The van der Waals surface area contributed by atoms with Crippen molar-refractivity contribution in [2.75, 3.05) is 12.3 Å². The van der Waals surface area contributed by atoms with Crippen LogP contribution in [-0.4, -0.2) is 40.0 Å². The fourth-order valence-electron chi connectivity index (χ4n) is 2.87. The van der Waals surface area contributed by atoms with Crippen molar-refractivity contribution in [2.45, 2.75) is 39.1 Å². The molecule has 0 aliphatic carbocycles. The predicted molar refractivity (Wildman–Crippen MR) is 124 cm³/mol. The Hall–Kier alpha value is -2.94. The van der Waals surface area contributed by atoms with E-state index in [-0.39, 0.29) is 41.5 Å². The van der Waals surface area contributed by atoms with Crippen LogP contribution in [0.2, 0.25) is 0 Å². The quantitative estimate of drug-likeness (QED) is 0.401. The molecule has 2 aromatic carbocycles. The van der Waals surface area contributed by atoms with E-state index in [0.29, 0.717) is 12.3 Å². The number of nitro benzene ring substituents is 1. The summed E-state index contributed by atoms with van der Waals surface area (Å²) >= 11 is 1.36. The van der Waals surface area contributed by atoms with E-state index in [0.717, 1.165) is 11.1 Å². The lowest BCUT2D eigenvalue weighted by Gasteiger charge is -2.29. The maximum atomic E-state index is 13.3. The molecule has 2 rings (SSSR count). The Bertz CT molecular complexity index is 920. The number of rotatable bonds is 11. The smallest absolute Gasteiger partial charge is 0.269 e. The van der Waals surface area contributed by atoms with Gasteiger partial charge in [0.1, 0.15) is 11.9 Å². The fraction of sp³-hybridized carbons (Fsp3) is 0.391. The van der Waals surface area contributed by atoms with Crippen LogP contribution in [0.3, 0.4) is 0 Å². The van der Waals surface area contributed by atoms with Gasteiger partial charge in [-0.3, -0.25) is 19.7 Å². The van der Waals surface area contributed by atoms with Crippen LogP contribution in [0.25, 0.3) is 0 Å². The molecular formula is C23H28FN3O4S. The van der Waals surface area contributed by atoms with Crippen molar-refractivity contribution in [3.63, 3.8) is 0 Å². The Morgan fingerprint density at radius 2 is 1.66 bits per heavy atom. The van der Waals surface area contributed by atoms with Crippen LogP contribution in [0.4, 0.5) is 10.1 Å². The van der Waals surface area contributed by atoms with E-state index in [9.17, 15) is 24.1 Å². The van der Waals surface area contributed by atoms with Gasteiger partial charge in [-0.25, -0.2) is 4.39 Å². The van der Waals surface area contributed by atoms with E-state index in [1.54, 1.807) is 31.2 Å². The molecule has 2 amide bonds. The van der Waals surface area contributed by atoms with E-state index < -0.39 is 11.0 Å². The first-order valence-electron chi connectivity index (χ1n) is 10.3. The van der Waals surface area contributed by atoms with Gasteiger partial charge in [0.25, 0.3) is 5.69 Å². The Morgan fingerprint density at radius 3 is 2.22 bits per heavy atom. The SMILES string of the molecule is CC(C)CNC(=O)[C@H](C)N(Cc1ccc(F)cc1)C(=O)CSCc1ccc([N+](=O)[O-])cc1. The molecule has 7 nitrogen and oxygen atoms in total. The minimum Gasteiger partial charge on any atom is -0.354 e. The molecule has 32 heavy (non-hydrogen) atoms. The number of nitro groups is 1. The maximum absolute atomic E-state index is 13.3. The number of benzene rings is 2. The summed E-state index contributed by atoms with van der Waals surface area (Å²) in [6.45, 7) is 6.35. The number of carbonyl (C=O) groups is 2. The number of hydrogen-bond acceptors (Lipinski definition) is 5. The van der Waals surface area contributed by atoms with E-state index in [4.69, 9.17) is 0 Å². The van der Waals surface area contributed by atoms with Crippen molar-refractivity contribution in [1.82, 2.24) is 10.2 Å². The molecule has 1 atom stereocenters. The van der Waals surface area contributed by atoms with Crippen LogP contribution in [0.1, 0.15) is 31.9 Å². The van der Waals surface area contributed by atoms with Crippen LogP contribution in [0.5, 0.6) is 0 Å². The molecule has 0 aliphatic rings. The highest BCUT2D eigenvalue weighted by Gasteiger charge is 2.26. The summed E-state index contributed by atoms with van der Waals surface area (Å²) in [6, 6.07) is 11.3. The molecule has 0 saturated heterocycles. The van der Waals surface area contributed by atoms with Crippen molar-refractivity contribution >= 4 is 29.3 Å². The number of amides is 2. The van der Waals surface area contributed by atoms with Gasteiger partial charge in [0.05, 0.1) is 10.7 Å². The largest absolute Gasteiger partial charge is 0.354 e. The molecule has 0 spiro atoms. The van der Waals surface area contributed by atoms with Crippen LogP contribution < -0.4 is 5.32 Å². The Morgan fingerprint density at radius 1 is 1.06 bits per heavy atom. The summed E-state index contributed by atoms with van der Waals surface area (Å²) in [4.78, 5) is 37.4. The lowest BCUT2D eigenvalue weighted by atomic mass is 10.1. The fourth-order valence-corrected chi connectivity index (χ4v) is 3.75. The number of non-ortho nitro benzene ring substituents is 1. The summed E-state index contributed by atoms with van der Waals surface area (Å²) < 4.78 is 13.3. The molecule has 0 radical (unpaired) electrons. The highest BCUT2D eigenvalue weighted by atomic mass is 32.2. The molecule has 1 N–H and O–H groups in total. The monoisotopic (exact) mass is 461 g/mol. The lowest BCUT2D eigenvalue weighted by Crippen LogP contribution is -2.48. The lowest BCUT2D eigenvalue weighted by molar-refractivity contribution is -0.384. The molecule has 2 aromatic rings. The first-order chi connectivity index (χ1) is 15.2. The van der Waals surface area contributed by atoms with Gasteiger partial charge in [0.2, 0.25) is 11.8 Å². The normalized spacial score (nSPS) is 11.8. The summed E-state index contributed by atoms with van der Waals surface area (Å²) in [5, 5.41) is 13.6. The Balaban J connectivity index is 2.03. The number of hydrogen-bond donors (Lipinski definition) is 1. The number of thioether (sulfide) groups is 1. The molecule has 0 saturated carbocycles. The zero-order valence-corrected chi connectivity index (χ0v) is 19.2. The van der Waals surface area contributed by atoms with Crippen molar-refractivity contribution in [3.05, 3.63) is 75.6 Å². The van der Waals surface area contributed by atoms with Crippen LogP contribution in [-0.2, 0) is 21.9 Å². The number of halogens is 1. The predicted octanol–water partition coefficient (Wildman–Crippen LogP) is 4.16. The summed E-state index contributed by atoms with van der Waals surface area (Å²) in [5.74, 6) is 0.0998. The topological polar surface area (TPSA) is 92.6 Å². The number of carbonyl (C=O) groups excluding carboxylic acids is 2. The second kappa shape index (κ2) is 12.2. The minimum atomic E-state index is -0.689. The third kappa shape index (κ3) is 7.96. The maximum Gasteiger partial charge on any atom is 0.269 e. The average Bonchev–Trinajstić information content (AvgIpc) is 2.76. The third-order valence-electron chi connectivity index (χ3n) is 4.76. The molecule has 0 aromatic heterocycles. The standard InChI is InChI=1S/C23H28FN3O4S/c1-16(2)12-25-23(29)17(3)26(13-18-4-8-20(24)9-5-18)22(28)15-32-14-19-6-10-21(11-7-19)27(30)31/h4-11,16-17H,12-15H2,1-3H3,(H,25,29)/t17-/m0/s1. The molecule has 172 valence electrons. The Kier molecular flexibility index (Phi) is 9.64. The van der Waals surface area contributed by atoms with Gasteiger partial charge in [0.15, 0.2) is 0 Å². The van der Waals surface area contributed by atoms with E-state index >= 15 is 0 Å². The average molecular weight is 462 g/mol. The zero-order chi connectivity index (χ0) is 23.7. The minimum absolute atomic E-state index is 0.0153. The van der Waals surface area contributed by atoms with Gasteiger partial charge in [-0.05, 0) is 36.1 Å². The first kappa shape index (κ1) is 25.3. The number of nitrogens with one attached hydrogen (secondary N) is 1. The van der Waals surface area contributed by atoms with Crippen LogP contribution >= 0.6 is 11.8 Å². The molecular weight excluding hydrogens is 433 g/mol. The molecule has 0 fully saturated rings. The van der Waals surface area contributed by atoms with Gasteiger partial charge in [-0.15, -0.1) is 11.8 Å². The highest BCUT2D eigenvalue weighted by Crippen LogP contribution is 2.18. The van der Waals surface area contributed by atoms with Crippen molar-refractivity contribution in [2.24, 2.45) is 5.92 Å². The molecule has 0 aliphatic heterocycles. The van der Waals surface area contributed by atoms with Gasteiger partial charge in [-0.2, -0.15) is 0 Å². The molecule has 0 bridgehead atoms. The van der Waals surface area contributed by atoms with Crippen LogP contribution in [0, 0.1) is 21.8 Å². The van der Waals surface area contributed by atoms with Gasteiger partial charge in [0, 0.05) is 31.0 Å². The summed E-state index contributed by atoms with van der Waals surface area (Å²) in [7, 11) is 0. The van der Waals surface area contributed by atoms with E-state index in [1.807, 2.05) is 13.8 Å². The van der Waals surface area contributed by atoms with Gasteiger partial charge in [-0.1, -0.05) is 38.1 Å². The van der Waals surface area contributed by atoms with Crippen molar-refractivity contribution < 1.29 is 18.9 Å². The van der Waals surface area contributed by atoms with Crippen molar-refractivity contribution in [1.29, 1.82) is 0 Å². The summed E-state index contributed by atoms with van der Waals surface area (Å²) in [5.41, 5.74) is 1.60. The second-order valence-electron chi connectivity index (χ2n) is 7.88. The van der Waals surface area contributed by atoms with E-state index in [1.165, 1.54) is 40.9 Å². The summed E-state index contributed by atoms with van der Waals surface area (Å²) in [6.07, 6.45) is 0. The highest BCUT2D eigenvalue weighted by molar-refractivity contribution is 7.99. The molecule has 9 heteroatoms. The van der Waals surface area contributed by atoms with Gasteiger partial charge < -0.3 is 10.2 Å². The molecule has 0 unspecified atom stereocenters. The number of nitrogens with zero attached hydrogens (tertiary/aromatic N) is 2. The van der Waals surface area contributed by atoms with E-state index in [2.05, 4.69) is 5.32 Å². The Labute approximate surface area is 191 Å². The molecule has 0 heterocycles. The van der Waals surface area contributed by atoms with Crippen molar-refractivity contribution in [3.8, 4) is 0 Å². The van der Waals surface area contributed by atoms with Crippen LogP contribution in [0.15, 0.2) is 48.5 Å². The van der Waals surface area contributed by atoms with Gasteiger partial charge >= 0.3 is 0 Å². The first-order valence-corrected chi connectivity index (χ1v) is 11.5.